The van der Waals surface area contributed by atoms with E-state index in [-0.39, 0.29) is 17.2 Å². The van der Waals surface area contributed by atoms with E-state index in [0.717, 1.165) is 16.5 Å². The Morgan fingerprint density at radius 2 is 1.84 bits per heavy atom. The average molecular weight is 459 g/mol. The lowest BCUT2D eigenvalue weighted by Gasteiger charge is -2.35. The number of aromatic nitrogens is 2. The lowest BCUT2D eigenvalue weighted by Crippen LogP contribution is -2.48. The maximum Gasteiger partial charge on any atom is 0.348 e. The number of fused-ring (bicyclic) bond motifs is 1. The van der Waals surface area contributed by atoms with Crippen LogP contribution in [0.25, 0.3) is 10.2 Å². The van der Waals surface area contributed by atoms with Crippen LogP contribution in [-0.2, 0) is 16.0 Å². The maximum atomic E-state index is 12.8. The summed E-state index contributed by atoms with van der Waals surface area (Å²) in [5.74, 6) is 0.410. The molecule has 1 aliphatic heterocycles. The molecule has 0 radical (unpaired) electrons. The highest BCUT2D eigenvalue weighted by Crippen LogP contribution is 2.37. The number of amides is 1. The van der Waals surface area contributed by atoms with Gasteiger partial charge in [-0.3, -0.25) is 4.79 Å². The first kappa shape index (κ1) is 21.5. The van der Waals surface area contributed by atoms with Crippen LogP contribution in [-0.4, -0.2) is 59.5 Å². The lowest BCUT2D eigenvalue weighted by molar-refractivity contribution is -0.129. The first-order valence-electron chi connectivity index (χ1n) is 10.1. The van der Waals surface area contributed by atoms with Crippen molar-refractivity contribution in [3.63, 3.8) is 0 Å². The Balaban J connectivity index is 1.55. The summed E-state index contributed by atoms with van der Waals surface area (Å²) in [6.07, 6.45) is 0.661. The summed E-state index contributed by atoms with van der Waals surface area (Å²) in [6, 6.07) is 9.91. The van der Waals surface area contributed by atoms with Crippen LogP contribution in [0.4, 0.5) is 5.82 Å². The van der Waals surface area contributed by atoms with Gasteiger partial charge in [0.15, 0.2) is 0 Å². The number of esters is 1. The fourth-order valence-electron chi connectivity index (χ4n) is 3.72. The number of anilines is 1. The second-order valence-electron chi connectivity index (χ2n) is 7.42. The summed E-state index contributed by atoms with van der Waals surface area (Å²) in [5.41, 5.74) is 1.92. The number of benzene rings is 1. The molecule has 0 aliphatic carbocycles. The van der Waals surface area contributed by atoms with Crippen molar-refractivity contribution in [2.75, 3.05) is 37.7 Å². The van der Waals surface area contributed by atoms with Crippen molar-refractivity contribution in [3.05, 3.63) is 51.6 Å². The highest BCUT2D eigenvalue weighted by molar-refractivity contribution is 7.20. The van der Waals surface area contributed by atoms with Crippen molar-refractivity contribution in [1.29, 1.82) is 0 Å². The second-order valence-corrected chi connectivity index (χ2v) is 8.75. The van der Waals surface area contributed by atoms with Gasteiger partial charge in [-0.25, -0.2) is 9.78 Å². The van der Waals surface area contributed by atoms with Crippen LogP contribution in [0, 0.1) is 6.92 Å². The van der Waals surface area contributed by atoms with E-state index in [9.17, 15) is 9.59 Å². The molecule has 3 aromatic rings. The second kappa shape index (κ2) is 9.20. The van der Waals surface area contributed by atoms with Gasteiger partial charge in [-0.1, -0.05) is 30.3 Å². The molecular formula is C22H23ClN4O3S. The predicted octanol–water partition coefficient (Wildman–Crippen LogP) is 3.72. The number of aryl methyl sites for hydroxylation is 1. The Kier molecular flexibility index (Phi) is 6.38. The minimum absolute atomic E-state index is 0.0674. The fourth-order valence-corrected chi connectivity index (χ4v) is 5.00. The first-order valence-corrected chi connectivity index (χ1v) is 11.3. The molecule has 162 valence electrons. The zero-order chi connectivity index (χ0) is 22.0. The number of piperazine rings is 1. The molecule has 2 aromatic heterocycles. The Morgan fingerprint density at radius 3 is 2.52 bits per heavy atom. The third kappa shape index (κ3) is 4.65. The predicted molar refractivity (Wildman–Crippen MR) is 122 cm³/mol. The van der Waals surface area contributed by atoms with E-state index in [4.69, 9.17) is 16.3 Å². The quantitative estimate of drug-likeness (QED) is 0.428. The van der Waals surface area contributed by atoms with E-state index in [1.165, 1.54) is 11.3 Å². The number of hydrogen-bond acceptors (Lipinski definition) is 7. The molecule has 31 heavy (non-hydrogen) atoms. The molecule has 1 aliphatic rings. The number of thiophene rings is 1. The maximum absolute atomic E-state index is 12.8. The minimum atomic E-state index is -0.361. The van der Waals surface area contributed by atoms with Crippen LogP contribution < -0.4 is 4.90 Å². The van der Waals surface area contributed by atoms with Crippen molar-refractivity contribution in [1.82, 2.24) is 14.9 Å². The van der Waals surface area contributed by atoms with Gasteiger partial charge in [0.05, 0.1) is 12.0 Å². The largest absolute Gasteiger partial charge is 0.461 e. The SMILES string of the molecule is CC(=O)N1CCN(c2nc(Cl)nc3sc(C(=O)OCCc4ccccc4)c(C)c23)CC1. The molecule has 7 nitrogen and oxygen atoms in total. The van der Waals surface area contributed by atoms with Gasteiger partial charge < -0.3 is 14.5 Å². The van der Waals surface area contributed by atoms with Gasteiger partial charge in [-0.05, 0) is 29.7 Å². The van der Waals surface area contributed by atoms with Gasteiger partial charge in [-0.2, -0.15) is 4.98 Å². The summed E-state index contributed by atoms with van der Waals surface area (Å²) in [5, 5.41) is 0.961. The van der Waals surface area contributed by atoms with Crippen LogP contribution >= 0.6 is 22.9 Å². The molecule has 1 aromatic carbocycles. The molecule has 0 N–H and O–H groups in total. The molecule has 0 unspecified atom stereocenters. The summed E-state index contributed by atoms with van der Waals surface area (Å²) in [6.45, 7) is 6.31. The minimum Gasteiger partial charge on any atom is -0.461 e. The van der Waals surface area contributed by atoms with E-state index in [0.29, 0.717) is 54.7 Å². The molecule has 1 amide bonds. The molecule has 4 rings (SSSR count). The number of rotatable bonds is 5. The van der Waals surface area contributed by atoms with Gasteiger partial charge in [0.1, 0.15) is 15.5 Å². The van der Waals surface area contributed by atoms with E-state index in [2.05, 4.69) is 14.9 Å². The normalized spacial score (nSPS) is 14.2. The molecule has 0 spiro atoms. The zero-order valence-corrected chi connectivity index (χ0v) is 19.0. The first-order chi connectivity index (χ1) is 14.9. The number of ether oxygens (including phenoxy) is 1. The Labute approximate surface area is 189 Å². The summed E-state index contributed by atoms with van der Waals surface area (Å²) >= 11 is 7.47. The van der Waals surface area contributed by atoms with Gasteiger partial charge >= 0.3 is 5.97 Å². The Hall–Kier alpha value is -2.71. The van der Waals surface area contributed by atoms with E-state index in [1.54, 1.807) is 6.92 Å². The van der Waals surface area contributed by atoms with Crippen LogP contribution in [0.3, 0.4) is 0 Å². The lowest BCUT2D eigenvalue weighted by atomic mass is 10.1. The summed E-state index contributed by atoms with van der Waals surface area (Å²) in [7, 11) is 0. The monoisotopic (exact) mass is 458 g/mol. The number of nitrogens with zero attached hydrogens (tertiary/aromatic N) is 4. The van der Waals surface area contributed by atoms with Crippen molar-refractivity contribution in [2.24, 2.45) is 0 Å². The number of hydrogen-bond donors (Lipinski definition) is 0. The highest BCUT2D eigenvalue weighted by atomic mass is 35.5. The summed E-state index contributed by atoms with van der Waals surface area (Å²) in [4.78, 5) is 38.3. The molecule has 3 heterocycles. The van der Waals surface area contributed by atoms with Gasteiger partial charge in [0.25, 0.3) is 0 Å². The highest BCUT2D eigenvalue weighted by Gasteiger charge is 2.26. The third-order valence-corrected chi connectivity index (χ3v) is 6.76. The van der Waals surface area contributed by atoms with Crippen LogP contribution in [0.2, 0.25) is 5.28 Å². The standard InChI is InChI=1S/C22H23ClN4O3S/c1-14-17-19(27-11-9-26(10-12-27)15(2)28)24-22(23)25-20(17)31-18(14)21(29)30-13-8-16-6-4-3-5-7-16/h3-7H,8-13H2,1-2H3. The van der Waals surface area contributed by atoms with E-state index < -0.39 is 0 Å². The average Bonchev–Trinajstić information content (AvgIpc) is 3.10. The van der Waals surface area contributed by atoms with Crippen LogP contribution in [0.1, 0.15) is 27.7 Å². The number of carbonyl (C=O) groups is 2. The molecule has 0 bridgehead atoms. The van der Waals surface area contributed by atoms with Crippen molar-refractivity contribution >= 4 is 50.8 Å². The molecule has 0 saturated carbocycles. The molecule has 1 fully saturated rings. The molecule has 1 saturated heterocycles. The van der Waals surface area contributed by atoms with E-state index >= 15 is 0 Å². The fraction of sp³-hybridized carbons (Fsp3) is 0.364. The number of halogens is 1. The van der Waals surface area contributed by atoms with E-state index in [1.807, 2.05) is 42.2 Å². The molecule has 9 heteroatoms. The summed E-state index contributed by atoms with van der Waals surface area (Å²) < 4.78 is 5.53. The molecular weight excluding hydrogens is 436 g/mol. The van der Waals surface area contributed by atoms with Crippen LogP contribution in [0.5, 0.6) is 0 Å². The van der Waals surface area contributed by atoms with Gasteiger partial charge in [0.2, 0.25) is 11.2 Å². The van der Waals surface area contributed by atoms with Crippen molar-refractivity contribution < 1.29 is 14.3 Å². The Morgan fingerprint density at radius 1 is 1.13 bits per heavy atom. The van der Waals surface area contributed by atoms with Crippen molar-refractivity contribution in [3.8, 4) is 0 Å². The van der Waals surface area contributed by atoms with Gasteiger partial charge in [0, 0.05) is 39.5 Å². The smallest absolute Gasteiger partial charge is 0.348 e. The molecule has 0 atom stereocenters. The zero-order valence-electron chi connectivity index (χ0n) is 17.4. The third-order valence-electron chi connectivity index (χ3n) is 5.42. The van der Waals surface area contributed by atoms with Crippen LogP contribution in [0.15, 0.2) is 30.3 Å². The topological polar surface area (TPSA) is 75.6 Å². The number of carbonyl (C=O) groups excluding carboxylic acids is 2. The van der Waals surface area contributed by atoms with Gasteiger partial charge in [-0.15, -0.1) is 11.3 Å². The Bertz CT molecular complexity index is 1110. The van der Waals surface area contributed by atoms with Crippen molar-refractivity contribution in [2.45, 2.75) is 20.3 Å².